The summed E-state index contributed by atoms with van der Waals surface area (Å²) < 4.78 is 0. The Morgan fingerprint density at radius 2 is 1.96 bits per heavy atom. The van der Waals surface area contributed by atoms with E-state index < -0.39 is 10.8 Å². The number of nitro benzene ring substituents is 1. The number of nitrogens with zero attached hydrogens (tertiary/aromatic N) is 1. The van der Waals surface area contributed by atoms with Crippen LogP contribution in [0.15, 0.2) is 18.2 Å². The first-order valence-electron chi connectivity index (χ1n) is 7.15. The van der Waals surface area contributed by atoms with Crippen molar-refractivity contribution >= 4 is 34.8 Å². The number of benzene rings is 1. The zero-order chi connectivity index (χ0) is 17.4. The molecule has 0 aliphatic carbocycles. The van der Waals surface area contributed by atoms with Crippen LogP contribution in [0.5, 0.6) is 0 Å². The Balaban J connectivity index is 2.61. The van der Waals surface area contributed by atoms with Crippen molar-refractivity contribution in [2.45, 2.75) is 13.3 Å². The monoisotopic (exact) mass is 343 g/mol. The van der Waals surface area contributed by atoms with Gasteiger partial charge in [-0.15, -0.1) is 0 Å². The first kappa shape index (κ1) is 18.9. The minimum Gasteiger partial charge on any atom is -0.351 e. The van der Waals surface area contributed by atoms with Gasteiger partial charge in [-0.2, -0.15) is 0 Å². The van der Waals surface area contributed by atoms with Crippen LogP contribution in [0.3, 0.4) is 0 Å². The van der Waals surface area contributed by atoms with Gasteiger partial charge in [-0.1, -0.05) is 18.5 Å². The van der Waals surface area contributed by atoms with Crippen LogP contribution in [0, 0.1) is 10.1 Å². The van der Waals surface area contributed by atoms with E-state index in [1.165, 1.54) is 18.2 Å². The number of likely N-dealkylation sites (N-methyl/N-ethyl adjacent to an activating group) is 1. The van der Waals surface area contributed by atoms with Crippen molar-refractivity contribution in [3.63, 3.8) is 0 Å². The van der Waals surface area contributed by atoms with Gasteiger partial charge in [0.1, 0.15) is 5.69 Å². The Morgan fingerprint density at radius 1 is 1.30 bits per heavy atom. The Kier molecular flexibility index (Phi) is 7.43. The zero-order valence-electron chi connectivity index (χ0n) is 13.0. The fourth-order valence-electron chi connectivity index (χ4n) is 1.90. The molecule has 3 N–H and O–H groups in total. The van der Waals surface area contributed by atoms with Crippen molar-refractivity contribution in [3.05, 3.63) is 33.3 Å². The lowest BCUT2D eigenvalue weighted by Crippen LogP contribution is -3.11. The molecule has 0 radical (unpaired) electrons. The zero-order valence-corrected chi connectivity index (χ0v) is 13.8. The van der Waals surface area contributed by atoms with Gasteiger partial charge in [0.25, 0.3) is 17.5 Å². The number of anilines is 1. The number of amides is 2. The number of halogens is 1. The van der Waals surface area contributed by atoms with Crippen molar-refractivity contribution in [2.24, 2.45) is 0 Å². The van der Waals surface area contributed by atoms with E-state index in [-0.39, 0.29) is 35.4 Å². The van der Waals surface area contributed by atoms with Crippen LogP contribution in [0.2, 0.25) is 5.02 Å². The lowest BCUT2D eigenvalue weighted by molar-refractivity contribution is -0.862. The van der Waals surface area contributed by atoms with Crippen molar-refractivity contribution in [2.75, 3.05) is 32.0 Å². The Bertz CT molecular complexity index is 594. The van der Waals surface area contributed by atoms with E-state index in [0.29, 0.717) is 11.4 Å². The molecule has 0 fully saturated rings. The number of carbonyl (C=O) groups is 2. The molecule has 0 spiro atoms. The molecule has 0 aromatic heterocycles. The average Bonchev–Trinajstić information content (AvgIpc) is 2.44. The van der Waals surface area contributed by atoms with Crippen LogP contribution < -0.4 is 15.5 Å². The predicted octanol–water partition coefficient (Wildman–Crippen LogP) is 0.228. The van der Waals surface area contributed by atoms with Crippen molar-refractivity contribution in [1.29, 1.82) is 0 Å². The highest BCUT2D eigenvalue weighted by atomic mass is 35.5. The standard InChI is InChI=1S/C14H19ClN4O4/c1-3-6-16-13(20)8-18(2)9-14(21)17-11-7-10(15)4-5-12(11)19(22)23/h4-5,7H,3,6,8-9H2,1-2H3,(H,16,20)(H,17,21)/p+1. The largest absolute Gasteiger partial charge is 0.351 e. The molecule has 8 nitrogen and oxygen atoms in total. The van der Waals surface area contributed by atoms with E-state index in [2.05, 4.69) is 10.6 Å². The van der Waals surface area contributed by atoms with Gasteiger partial charge < -0.3 is 15.5 Å². The lowest BCUT2D eigenvalue weighted by atomic mass is 10.2. The number of carbonyl (C=O) groups excluding carboxylic acids is 2. The maximum Gasteiger partial charge on any atom is 0.292 e. The molecule has 1 atom stereocenters. The second-order valence-electron chi connectivity index (χ2n) is 5.13. The van der Waals surface area contributed by atoms with Crippen LogP contribution in [-0.4, -0.2) is 43.4 Å². The first-order valence-corrected chi connectivity index (χ1v) is 7.53. The lowest BCUT2D eigenvalue weighted by Gasteiger charge is -2.13. The molecule has 1 aromatic carbocycles. The SMILES string of the molecule is CCCNC(=O)C[NH+](C)CC(=O)Nc1cc(Cl)ccc1[N+](=O)[O-]. The second-order valence-corrected chi connectivity index (χ2v) is 5.56. The van der Waals surface area contributed by atoms with Gasteiger partial charge in [-0.25, -0.2) is 0 Å². The molecular formula is C14H20ClN4O4+. The Labute approximate surface area is 138 Å². The summed E-state index contributed by atoms with van der Waals surface area (Å²) in [6.45, 7) is 2.68. The van der Waals surface area contributed by atoms with Gasteiger partial charge in [0.2, 0.25) is 0 Å². The second kappa shape index (κ2) is 9.06. The topological polar surface area (TPSA) is 106 Å². The van der Waals surface area contributed by atoms with E-state index >= 15 is 0 Å². The molecule has 1 unspecified atom stereocenters. The minimum absolute atomic E-state index is 0.00319. The number of hydrogen-bond acceptors (Lipinski definition) is 4. The van der Waals surface area contributed by atoms with Gasteiger partial charge in [-0.3, -0.25) is 19.7 Å². The molecule has 23 heavy (non-hydrogen) atoms. The smallest absolute Gasteiger partial charge is 0.292 e. The first-order chi connectivity index (χ1) is 10.8. The molecule has 1 rings (SSSR count). The summed E-state index contributed by atoms with van der Waals surface area (Å²) in [6.07, 6.45) is 0.837. The summed E-state index contributed by atoms with van der Waals surface area (Å²) in [6, 6.07) is 3.93. The maximum atomic E-state index is 12.0. The van der Waals surface area contributed by atoms with Crippen LogP contribution in [0.25, 0.3) is 0 Å². The van der Waals surface area contributed by atoms with Gasteiger partial charge in [0.05, 0.1) is 12.0 Å². The van der Waals surface area contributed by atoms with Crippen LogP contribution in [-0.2, 0) is 9.59 Å². The minimum atomic E-state index is -0.597. The van der Waals surface area contributed by atoms with Crippen LogP contribution >= 0.6 is 11.6 Å². The molecule has 1 aromatic rings. The summed E-state index contributed by atoms with van der Waals surface area (Å²) in [5.74, 6) is -0.581. The summed E-state index contributed by atoms with van der Waals surface area (Å²) in [5.41, 5.74) is -0.197. The molecule has 0 saturated heterocycles. The quantitative estimate of drug-likeness (QED) is 0.464. The van der Waals surface area contributed by atoms with Crippen molar-refractivity contribution < 1.29 is 19.4 Å². The summed E-state index contributed by atoms with van der Waals surface area (Å²) >= 11 is 5.80. The van der Waals surface area contributed by atoms with Crippen LogP contribution in [0.4, 0.5) is 11.4 Å². The highest BCUT2D eigenvalue weighted by Crippen LogP contribution is 2.27. The van der Waals surface area contributed by atoms with E-state index in [4.69, 9.17) is 11.6 Å². The molecule has 2 amide bonds. The van der Waals surface area contributed by atoms with Gasteiger partial charge >= 0.3 is 0 Å². The summed E-state index contributed by atoms with van der Waals surface area (Å²) in [7, 11) is 1.69. The molecule has 0 heterocycles. The highest BCUT2D eigenvalue weighted by molar-refractivity contribution is 6.31. The molecule has 0 aliphatic rings. The van der Waals surface area contributed by atoms with Gasteiger partial charge in [0.15, 0.2) is 13.1 Å². The number of hydrogen-bond donors (Lipinski definition) is 3. The van der Waals surface area contributed by atoms with Gasteiger partial charge in [0, 0.05) is 17.6 Å². The van der Waals surface area contributed by atoms with E-state index in [0.717, 1.165) is 6.42 Å². The summed E-state index contributed by atoms with van der Waals surface area (Å²) in [5, 5.41) is 16.4. The molecule has 9 heteroatoms. The maximum absolute atomic E-state index is 12.0. The Hall–Kier alpha value is -2.19. The Morgan fingerprint density at radius 3 is 2.57 bits per heavy atom. The molecular weight excluding hydrogens is 324 g/mol. The van der Waals surface area contributed by atoms with E-state index in [1.54, 1.807) is 7.05 Å². The third-order valence-electron chi connectivity index (χ3n) is 2.93. The van der Waals surface area contributed by atoms with Crippen molar-refractivity contribution in [3.8, 4) is 0 Å². The van der Waals surface area contributed by atoms with Crippen LogP contribution in [0.1, 0.15) is 13.3 Å². The molecule has 126 valence electrons. The fraction of sp³-hybridized carbons (Fsp3) is 0.429. The molecule has 0 bridgehead atoms. The predicted molar refractivity (Wildman–Crippen MR) is 86.7 cm³/mol. The normalized spacial score (nSPS) is 11.6. The van der Waals surface area contributed by atoms with Crippen molar-refractivity contribution in [1.82, 2.24) is 5.32 Å². The third kappa shape index (κ3) is 6.62. The highest BCUT2D eigenvalue weighted by Gasteiger charge is 2.19. The number of rotatable bonds is 8. The number of nitrogens with one attached hydrogen (secondary N) is 3. The van der Waals surface area contributed by atoms with E-state index in [1.807, 2.05) is 6.92 Å². The molecule has 0 aliphatic heterocycles. The van der Waals surface area contributed by atoms with Gasteiger partial charge in [-0.05, 0) is 18.6 Å². The molecule has 0 saturated carbocycles. The third-order valence-corrected chi connectivity index (χ3v) is 3.16. The van der Waals surface area contributed by atoms with E-state index in [9.17, 15) is 19.7 Å². The average molecular weight is 344 g/mol. The number of nitro groups is 1. The fourth-order valence-corrected chi connectivity index (χ4v) is 2.07. The summed E-state index contributed by atoms with van der Waals surface area (Å²) in [4.78, 5) is 34.6. The number of quaternary nitrogens is 1.